The number of benzene rings is 1. The zero-order valence-electron chi connectivity index (χ0n) is 13.2. The van der Waals surface area contributed by atoms with Gasteiger partial charge in [-0.1, -0.05) is 18.2 Å². The van der Waals surface area contributed by atoms with E-state index in [4.69, 9.17) is 4.74 Å². The van der Waals surface area contributed by atoms with Crippen LogP contribution in [0.2, 0.25) is 0 Å². The zero-order chi connectivity index (χ0) is 15.8. The molecule has 0 atom stereocenters. The fourth-order valence-corrected chi connectivity index (χ4v) is 2.90. The van der Waals surface area contributed by atoms with Crippen LogP contribution in [-0.4, -0.2) is 35.9 Å². The van der Waals surface area contributed by atoms with E-state index >= 15 is 0 Å². The summed E-state index contributed by atoms with van der Waals surface area (Å²) in [4.78, 5) is 6.62. The van der Waals surface area contributed by atoms with Crippen LogP contribution in [-0.2, 0) is 6.42 Å². The Labute approximate surface area is 134 Å². The van der Waals surface area contributed by atoms with Gasteiger partial charge in [-0.2, -0.15) is 10.1 Å². The average molecular weight is 306 g/mol. The van der Waals surface area contributed by atoms with Gasteiger partial charge >= 0.3 is 0 Å². The minimum atomic E-state index is 0.638. The summed E-state index contributed by atoms with van der Waals surface area (Å²) in [5.74, 6) is 1.62. The van der Waals surface area contributed by atoms with Gasteiger partial charge in [-0.05, 0) is 28.8 Å². The number of nitrogens with one attached hydrogen (secondary N) is 1. The number of H-pyrrole nitrogens is 1. The SMILES string of the molecule is CN(C)c1ccc2c(n1)OCCc1cc(-c3cn[nH]c3)ccc1-2. The number of pyridine rings is 1. The Kier molecular flexibility index (Phi) is 3.26. The van der Waals surface area contributed by atoms with Crippen molar-refractivity contribution in [1.82, 2.24) is 15.2 Å². The van der Waals surface area contributed by atoms with Gasteiger partial charge in [-0.25, -0.2) is 0 Å². The van der Waals surface area contributed by atoms with Gasteiger partial charge in [-0.15, -0.1) is 0 Å². The van der Waals surface area contributed by atoms with Gasteiger partial charge in [0, 0.05) is 37.8 Å². The summed E-state index contributed by atoms with van der Waals surface area (Å²) in [7, 11) is 3.97. The molecule has 5 nitrogen and oxygen atoms in total. The number of nitrogens with zero attached hydrogens (tertiary/aromatic N) is 3. The first-order valence-electron chi connectivity index (χ1n) is 7.66. The molecule has 1 aromatic carbocycles. The molecule has 1 aliphatic heterocycles. The molecule has 0 unspecified atom stereocenters. The average Bonchev–Trinajstić information content (AvgIpc) is 3.03. The van der Waals surface area contributed by atoms with Crippen molar-refractivity contribution in [3.8, 4) is 28.1 Å². The van der Waals surface area contributed by atoms with Crippen LogP contribution in [0.15, 0.2) is 42.7 Å². The predicted octanol–water partition coefficient (Wildman–Crippen LogP) is 3.14. The summed E-state index contributed by atoms with van der Waals surface area (Å²) in [5.41, 5.74) is 5.80. The highest BCUT2D eigenvalue weighted by molar-refractivity contribution is 5.77. The van der Waals surface area contributed by atoms with Crippen molar-refractivity contribution in [2.24, 2.45) is 0 Å². The number of rotatable bonds is 2. The van der Waals surface area contributed by atoms with Crippen LogP contribution < -0.4 is 9.64 Å². The van der Waals surface area contributed by atoms with Crippen LogP contribution >= 0.6 is 0 Å². The van der Waals surface area contributed by atoms with E-state index in [-0.39, 0.29) is 0 Å². The standard InChI is InChI=1S/C18H18N4O/c1-22(2)17-6-5-16-15-4-3-12(14-10-19-20-11-14)9-13(15)7-8-23-18(16)21-17/h3-6,9-11H,7-8H2,1-2H3,(H,19,20). The minimum absolute atomic E-state index is 0.638. The number of aromatic amines is 1. The third-order valence-corrected chi connectivity index (χ3v) is 4.14. The molecule has 116 valence electrons. The van der Waals surface area contributed by atoms with Crippen molar-refractivity contribution in [2.45, 2.75) is 6.42 Å². The van der Waals surface area contributed by atoms with Gasteiger partial charge in [-0.3, -0.25) is 5.10 Å². The van der Waals surface area contributed by atoms with Gasteiger partial charge in [0.15, 0.2) is 0 Å². The lowest BCUT2D eigenvalue weighted by molar-refractivity contribution is 0.314. The Morgan fingerprint density at radius 2 is 1.96 bits per heavy atom. The summed E-state index contributed by atoms with van der Waals surface area (Å²) < 4.78 is 5.90. The summed E-state index contributed by atoms with van der Waals surface area (Å²) in [5, 5.41) is 6.89. The topological polar surface area (TPSA) is 54.0 Å². The smallest absolute Gasteiger partial charge is 0.223 e. The van der Waals surface area contributed by atoms with E-state index < -0.39 is 0 Å². The fraction of sp³-hybridized carbons (Fsp3) is 0.222. The summed E-state index contributed by atoms with van der Waals surface area (Å²) in [6, 6.07) is 10.6. The largest absolute Gasteiger partial charge is 0.477 e. The lowest BCUT2D eigenvalue weighted by Gasteiger charge is -2.14. The van der Waals surface area contributed by atoms with Crippen molar-refractivity contribution in [2.75, 3.05) is 25.6 Å². The third kappa shape index (κ3) is 2.44. The fourth-order valence-electron chi connectivity index (χ4n) is 2.90. The lowest BCUT2D eigenvalue weighted by atomic mass is 9.95. The van der Waals surface area contributed by atoms with E-state index in [1.165, 1.54) is 16.7 Å². The molecule has 0 fully saturated rings. The molecule has 4 rings (SSSR count). The Morgan fingerprint density at radius 3 is 2.74 bits per heavy atom. The van der Waals surface area contributed by atoms with Crippen LogP contribution in [0.1, 0.15) is 5.56 Å². The normalized spacial score (nSPS) is 12.8. The first-order chi connectivity index (χ1) is 11.2. The summed E-state index contributed by atoms with van der Waals surface area (Å²) in [6.07, 6.45) is 4.62. The molecular weight excluding hydrogens is 288 g/mol. The van der Waals surface area contributed by atoms with E-state index in [1.54, 1.807) is 0 Å². The highest BCUT2D eigenvalue weighted by atomic mass is 16.5. The Balaban J connectivity index is 1.82. The first kappa shape index (κ1) is 13.8. The molecule has 0 saturated heterocycles. The first-order valence-corrected chi connectivity index (χ1v) is 7.66. The maximum Gasteiger partial charge on any atom is 0.223 e. The van der Waals surface area contributed by atoms with Gasteiger partial charge in [0.25, 0.3) is 0 Å². The van der Waals surface area contributed by atoms with Crippen molar-refractivity contribution in [3.63, 3.8) is 0 Å². The predicted molar refractivity (Wildman–Crippen MR) is 90.8 cm³/mol. The number of hydrogen-bond donors (Lipinski definition) is 1. The molecule has 0 aliphatic carbocycles. The van der Waals surface area contributed by atoms with Crippen LogP contribution in [0.4, 0.5) is 5.82 Å². The maximum atomic E-state index is 5.90. The van der Waals surface area contributed by atoms with Crippen LogP contribution in [0.25, 0.3) is 22.3 Å². The molecule has 0 amide bonds. The third-order valence-electron chi connectivity index (χ3n) is 4.14. The van der Waals surface area contributed by atoms with Crippen molar-refractivity contribution >= 4 is 5.82 Å². The van der Waals surface area contributed by atoms with E-state index in [1.807, 2.05) is 37.5 Å². The number of ether oxygens (including phenoxy) is 1. The molecule has 0 radical (unpaired) electrons. The molecule has 0 bridgehead atoms. The Morgan fingerprint density at radius 1 is 1.09 bits per heavy atom. The van der Waals surface area contributed by atoms with Crippen LogP contribution in [0.5, 0.6) is 5.88 Å². The molecule has 0 spiro atoms. The lowest BCUT2D eigenvalue weighted by Crippen LogP contribution is -2.11. The molecule has 0 saturated carbocycles. The van der Waals surface area contributed by atoms with E-state index in [0.717, 1.165) is 23.4 Å². The maximum absolute atomic E-state index is 5.90. The van der Waals surface area contributed by atoms with E-state index in [0.29, 0.717) is 12.5 Å². The highest BCUT2D eigenvalue weighted by Gasteiger charge is 2.18. The van der Waals surface area contributed by atoms with Crippen LogP contribution in [0.3, 0.4) is 0 Å². The second-order valence-corrected chi connectivity index (χ2v) is 5.87. The highest BCUT2D eigenvalue weighted by Crippen LogP contribution is 2.37. The minimum Gasteiger partial charge on any atom is -0.477 e. The molecule has 5 heteroatoms. The number of anilines is 1. The summed E-state index contributed by atoms with van der Waals surface area (Å²) >= 11 is 0. The van der Waals surface area contributed by atoms with Crippen LogP contribution in [0, 0.1) is 0 Å². The van der Waals surface area contributed by atoms with E-state index in [2.05, 4.69) is 39.4 Å². The van der Waals surface area contributed by atoms with Gasteiger partial charge < -0.3 is 9.64 Å². The molecule has 3 heterocycles. The molecule has 23 heavy (non-hydrogen) atoms. The zero-order valence-corrected chi connectivity index (χ0v) is 13.2. The molecular formula is C18H18N4O. The molecule has 2 aromatic heterocycles. The quantitative estimate of drug-likeness (QED) is 0.790. The monoisotopic (exact) mass is 306 g/mol. The Hall–Kier alpha value is -2.82. The second kappa shape index (κ2) is 5.43. The van der Waals surface area contributed by atoms with E-state index in [9.17, 15) is 0 Å². The number of fused-ring (bicyclic) bond motifs is 3. The van der Waals surface area contributed by atoms with Gasteiger partial charge in [0.05, 0.1) is 12.8 Å². The van der Waals surface area contributed by atoms with Gasteiger partial charge in [0.1, 0.15) is 5.82 Å². The Bertz CT molecular complexity index is 840. The van der Waals surface area contributed by atoms with Crippen molar-refractivity contribution in [1.29, 1.82) is 0 Å². The molecule has 1 N–H and O–H groups in total. The summed E-state index contributed by atoms with van der Waals surface area (Å²) in [6.45, 7) is 0.638. The van der Waals surface area contributed by atoms with Crippen molar-refractivity contribution in [3.05, 3.63) is 48.3 Å². The van der Waals surface area contributed by atoms with Gasteiger partial charge in [0.2, 0.25) is 5.88 Å². The molecule has 1 aliphatic rings. The molecule has 3 aromatic rings. The second-order valence-electron chi connectivity index (χ2n) is 5.87. The van der Waals surface area contributed by atoms with Crippen molar-refractivity contribution < 1.29 is 4.74 Å². The number of aromatic nitrogens is 3. The number of hydrogen-bond acceptors (Lipinski definition) is 4.